The van der Waals surface area contributed by atoms with Gasteiger partial charge in [0.2, 0.25) is 0 Å². The molecular weight excluding hydrogens is 533 g/mol. The molecule has 0 saturated carbocycles. The molecule has 0 aliphatic carbocycles. The molecule has 0 spiro atoms. The first-order valence-corrected chi connectivity index (χ1v) is 11.9. The molecule has 0 fully saturated rings. The molecule has 3 heterocycles. The smallest absolute Gasteiger partial charge is 0.394 e. The molecule has 1 aliphatic heterocycles. The standard InChI is InChI=1S/C26H21F3N6O5/c1-26(28,29)40-16-5-2-14(3-6-16)10-31-25(38)20-9-19(34-23-17(27)12-32-35(20)23)24(37)30-11-15-4-7-21-18(8-15)33-22(36)13-39-21/h2-9,12H,10-11,13H2,1H3,(H,30,37)(H,31,38)(H,33,36). The number of aromatic nitrogens is 3. The number of alkyl halides is 2. The number of hydrogen-bond acceptors (Lipinski definition) is 7. The van der Waals surface area contributed by atoms with Gasteiger partial charge in [-0.1, -0.05) is 18.2 Å². The van der Waals surface area contributed by atoms with Crippen molar-refractivity contribution in [1.29, 1.82) is 0 Å². The number of carbonyl (C=O) groups excluding carboxylic acids is 3. The van der Waals surface area contributed by atoms with Crippen LogP contribution in [0.5, 0.6) is 11.5 Å². The molecule has 0 bridgehead atoms. The van der Waals surface area contributed by atoms with Gasteiger partial charge in [-0.3, -0.25) is 14.4 Å². The summed E-state index contributed by atoms with van der Waals surface area (Å²) in [6.45, 7) is 0.574. The minimum Gasteiger partial charge on any atom is -0.482 e. The Morgan fingerprint density at radius 1 is 1.07 bits per heavy atom. The van der Waals surface area contributed by atoms with Gasteiger partial charge in [-0.15, -0.1) is 0 Å². The number of rotatable bonds is 8. The average molecular weight is 554 g/mol. The SMILES string of the molecule is CC(F)(F)Oc1ccc(CNC(=O)c2cc(C(=O)NCc3ccc4c(c3)NC(=O)CO4)nc3c(F)cnn23)cc1. The first-order chi connectivity index (χ1) is 19.1. The Bertz CT molecular complexity index is 1620. The average Bonchev–Trinajstić information content (AvgIpc) is 3.30. The number of nitrogens with zero attached hydrogens (tertiary/aromatic N) is 3. The van der Waals surface area contributed by atoms with E-state index in [2.05, 4.69) is 30.8 Å². The number of anilines is 1. The second-order valence-corrected chi connectivity index (χ2v) is 8.84. The molecule has 0 unspecified atom stereocenters. The summed E-state index contributed by atoms with van der Waals surface area (Å²) >= 11 is 0. The van der Waals surface area contributed by atoms with Crippen molar-refractivity contribution in [1.82, 2.24) is 25.2 Å². The topological polar surface area (TPSA) is 136 Å². The molecule has 40 heavy (non-hydrogen) atoms. The third-order valence-corrected chi connectivity index (χ3v) is 5.70. The Hall–Kier alpha value is -5.14. The highest BCUT2D eigenvalue weighted by Gasteiger charge is 2.23. The van der Waals surface area contributed by atoms with Crippen LogP contribution in [0.3, 0.4) is 0 Å². The summed E-state index contributed by atoms with van der Waals surface area (Å²) in [5.41, 5.74) is 0.974. The highest BCUT2D eigenvalue weighted by atomic mass is 19.3. The van der Waals surface area contributed by atoms with Crippen molar-refractivity contribution in [2.75, 3.05) is 11.9 Å². The first-order valence-electron chi connectivity index (χ1n) is 11.9. The lowest BCUT2D eigenvalue weighted by Crippen LogP contribution is -2.29. The predicted octanol–water partition coefficient (Wildman–Crippen LogP) is 3.05. The van der Waals surface area contributed by atoms with E-state index in [-0.39, 0.29) is 48.4 Å². The van der Waals surface area contributed by atoms with Crippen LogP contribution in [0.2, 0.25) is 0 Å². The van der Waals surface area contributed by atoms with Gasteiger partial charge in [-0.25, -0.2) is 13.9 Å². The number of carbonyl (C=O) groups is 3. The zero-order valence-electron chi connectivity index (χ0n) is 20.8. The summed E-state index contributed by atoms with van der Waals surface area (Å²) in [7, 11) is 0. The molecule has 5 rings (SSSR count). The van der Waals surface area contributed by atoms with Gasteiger partial charge in [-0.05, 0) is 35.4 Å². The summed E-state index contributed by atoms with van der Waals surface area (Å²) in [6, 6.07) is 11.8. The van der Waals surface area contributed by atoms with E-state index in [0.29, 0.717) is 29.5 Å². The number of fused-ring (bicyclic) bond motifs is 2. The molecule has 206 valence electrons. The van der Waals surface area contributed by atoms with E-state index < -0.39 is 23.7 Å². The fourth-order valence-corrected chi connectivity index (χ4v) is 3.88. The van der Waals surface area contributed by atoms with E-state index in [1.54, 1.807) is 18.2 Å². The van der Waals surface area contributed by atoms with Crippen LogP contribution in [0.25, 0.3) is 5.65 Å². The lowest BCUT2D eigenvalue weighted by Gasteiger charge is -2.18. The maximum Gasteiger partial charge on any atom is 0.394 e. The van der Waals surface area contributed by atoms with E-state index in [1.807, 2.05) is 0 Å². The number of halogens is 3. The highest BCUT2D eigenvalue weighted by molar-refractivity contribution is 5.98. The van der Waals surface area contributed by atoms with Crippen LogP contribution < -0.4 is 25.4 Å². The normalized spacial score (nSPS) is 12.8. The largest absolute Gasteiger partial charge is 0.482 e. The summed E-state index contributed by atoms with van der Waals surface area (Å²) < 4.78 is 51.1. The molecule has 2 aromatic carbocycles. The monoisotopic (exact) mass is 554 g/mol. The van der Waals surface area contributed by atoms with Crippen LogP contribution in [0.15, 0.2) is 54.7 Å². The van der Waals surface area contributed by atoms with Gasteiger partial charge in [-0.2, -0.15) is 13.9 Å². The maximum absolute atomic E-state index is 14.4. The minimum atomic E-state index is -3.33. The maximum atomic E-state index is 14.4. The van der Waals surface area contributed by atoms with Gasteiger partial charge in [0.15, 0.2) is 18.1 Å². The summed E-state index contributed by atoms with van der Waals surface area (Å²) in [5, 5.41) is 11.8. The van der Waals surface area contributed by atoms with E-state index in [9.17, 15) is 27.6 Å². The molecule has 14 heteroatoms. The van der Waals surface area contributed by atoms with Gasteiger partial charge >= 0.3 is 6.11 Å². The van der Waals surface area contributed by atoms with Crippen LogP contribution >= 0.6 is 0 Å². The van der Waals surface area contributed by atoms with Gasteiger partial charge in [0.05, 0.1) is 11.9 Å². The van der Waals surface area contributed by atoms with Crippen LogP contribution in [-0.2, 0) is 17.9 Å². The highest BCUT2D eigenvalue weighted by Crippen LogP contribution is 2.28. The van der Waals surface area contributed by atoms with E-state index in [4.69, 9.17) is 4.74 Å². The number of hydrogen-bond donors (Lipinski definition) is 3. The Kier molecular flexibility index (Phi) is 6.98. The van der Waals surface area contributed by atoms with Crippen molar-refractivity contribution >= 4 is 29.1 Å². The van der Waals surface area contributed by atoms with Crippen molar-refractivity contribution in [3.8, 4) is 11.5 Å². The quantitative estimate of drug-likeness (QED) is 0.305. The molecule has 2 aromatic heterocycles. The van der Waals surface area contributed by atoms with E-state index in [1.165, 1.54) is 30.3 Å². The second kappa shape index (κ2) is 10.6. The third-order valence-electron chi connectivity index (χ3n) is 5.70. The van der Waals surface area contributed by atoms with Crippen LogP contribution in [0, 0.1) is 5.82 Å². The van der Waals surface area contributed by atoms with Crippen LogP contribution in [0.4, 0.5) is 18.9 Å². The molecule has 4 aromatic rings. The first kappa shape index (κ1) is 26.5. The zero-order chi connectivity index (χ0) is 28.4. The third kappa shape index (κ3) is 5.95. The fraction of sp³-hybridized carbons (Fsp3) is 0.192. The van der Waals surface area contributed by atoms with E-state index in [0.717, 1.165) is 10.7 Å². The molecule has 1 aliphatic rings. The fourth-order valence-electron chi connectivity index (χ4n) is 3.88. The molecule has 0 saturated heterocycles. The number of amides is 3. The Balaban J connectivity index is 1.29. The Morgan fingerprint density at radius 2 is 1.77 bits per heavy atom. The van der Waals surface area contributed by atoms with Gasteiger partial charge < -0.3 is 25.4 Å². The summed E-state index contributed by atoms with van der Waals surface area (Å²) in [5.74, 6) is -2.05. The van der Waals surface area contributed by atoms with Gasteiger partial charge in [0.1, 0.15) is 22.9 Å². The molecule has 0 atom stereocenters. The summed E-state index contributed by atoms with van der Waals surface area (Å²) in [6.07, 6.45) is -2.47. The zero-order valence-corrected chi connectivity index (χ0v) is 20.8. The number of benzene rings is 2. The second-order valence-electron chi connectivity index (χ2n) is 8.84. The Morgan fingerprint density at radius 3 is 2.52 bits per heavy atom. The number of ether oxygens (including phenoxy) is 2. The molecule has 3 N–H and O–H groups in total. The molecule has 11 nitrogen and oxygen atoms in total. The molecular formula is C26H21F3N6O5. The lowest BCUT2D eigenvalue weighted by molar-refractivity contribution is -0.158. The number of nitrogens with one attached hydrogen (secondary N) is 3. The van der Waals surface area contributed by atoms with Crippen molar-refractivity contribution in [3.05, 3.63) is 83.1 Å². The molecule has 0 radical (unpaired) electrons. The Labute approximate surface area is 224 Å². The summed E-state index contributed by atoms with van der Waals surface area (Å²) in [4.78, 5) is 41.5. The van der Waals surface area contributed by atoms with Gasteiger partial charge in [0, 0.05) is 26.1 Å². The van der Waals surface area contributed by atoms with Crippen molar-refractivity contribution in [2.24, 2.45) is 0 Å². The van der Waals surface area contributed by atoms with Crippen LogP contribution in [0.1, 0.15) is 39.0 Å². The van der Waals surface area contributed by atoms with Crippen molar-refractivity contribution < 1.29 is 37.0 Å². The minimum absolute atomic E-state index is 0.00465. The van der Waals surface area contributed by atoms with Crippen LogP contribution in [-0.4, -0.2) is 45.0 Å². The molecule has 3 amide bonds. The lowest BCUT2D eigenvalue weighted by atomic mass is 10.1. The van der Waals surface area contributed by atoms with E-state index >= 15 is 0 Å². The van der Waals surface area contributed by atoms with Crippen molar-refractivity contribution in [3.63, 3.8) is 0 Å². The van der Waals surface area contributed by atoms with Crippen molar-refractivity contribution in [2.45, 2.75) is 26.1 Å². The predicted molar refractivity (Wildman–Crippen MR) is 134 cm³/mol. The van der Waals surface area contributed by atoms with Gasteiger partial charge in [0.25, 0.3) is 17.7 Å².